The first kappa shape index (κ1) is 27.1. The molecule has 1 saturated heterocycles. The van der Waals surface area contributed by atoms with Gasteiger partial charge in [-0.2, -0.15) is 17.5 Å². The van der Waals surface area contributed by atoms with Gasteiger partial charge < -0.3 is 5.32 Å². The Balaban J connectivity index is 1.50. The lowest BCUT2D eigenvalue weighted by atomic mass is 10.0. The number of alkyl halides is 4. The van der Waals surface area contributed by atoms with Crippen molar-refractivity contribution in [1.29, 1.82) is 0 Å². The molecule has 13 heteroatoms. The van der Waals surface area contributed by atoms with Gasteiger partial charge in [-0.3, -0.25) is 9.78 Å². The molecule has 1 N–H and O–H groups in total. The van der Waals surface area contributed by atoms with Crippen LogP contribution in [0.2, 0.25) is 0 Å². The van der Waals surface area contributed by atoms with Gasteiger partial charge >= 0.3 is 6.18 Å². The molecule has 0 aliphatic carbocycles. The predicted octanol–water partition coefficient (Wildman–Crippen LogP) is 5.09. The lowest BCUT2D eigenvalue weighted by Crippen LogP contribution is -2.45. The van der Waals surface area contributed by atoms with Crippen molar-refractivity contribution in [3.63, 3.8) is 0 Å². The van der Waals surface area contributed by atoms with Crippen LogP contribution in [0.25, 0.3) is 11.1 Å². The summed E-state index contributed by atoms with van der Waals surface area (Å²) in [5, 5.41) is 2.60. The van der Waals surface area contributed by atoms with Crippen molar-refractivity contribution in [3.8, 4) is 11.1 Å². The molecule has 0 saturated carbocycles. The first-order valence-electron chi connectivity index (χ1n) is 10.9. The minimum atomic E-state index is -4.57. The first-order valence-corrected chi connectivity index (χ1v) is 13.1. The van der Waals surface area contributed by atoms with E-state index in [1.807, 2.05) is 0 Å². The van der Waals surface area contributed by atoms with Gasteiger partial charge in [-0.15, -0.1) is 0 Å². The fraction of sp³-hybridized carbons (Fsp3) is 0.250. The zero-order valence-corrected chi connectivity index (χ0v) is 21.2. The van der Waals surface area contributed by atoms with E-state index in [0.717, 1.165) is 40.8 Å². The Labute approximate surface area is 217 Å². The summed E-state index contributed by atoms with van der Waals surface area (Å²) in [5.74, 6) is -1.36. The summed E-state index contributed by atoms with van der Waals surface area (Å²) in [6, 6.07) is 9.81. The van der Waals surface area contributed by atoms with Crippen LogP contribution < -0.4 is 5.32 Å². The van der Waals surface area contributed by atoms with E-state index in [1.165, 1.54) is 6.07 Å². The van der Waals surface area contributed by atoms with Gasteiger partial charge in [-0.25, -0.2) is 17.2 Å². The molecule has 2 heterocycles. The lowest BCUT2D eigenvalue weighted by Gasteiger charge is -2.23. The summed E-state index contributed by atoms with van der Waals surface area (Å²) >= 11 is 3.33. The highest BCUT2D eigenvalue weighted by molar-refractivity contribution is 9.10. The minimum Gasteiger partial charge on any atom is -0.351 e. The molecule has 4 rings (SSSR count). The Bertz CT molecular complexity index is 1400. The molecule has 1 aliphatic heterocycles. The molecule has 196 valence electrons. The summed E-state index contributed by atoms with van der Waals surface area (Å²) in [4.78, 5) is 16.1. The number of hydrogen-bond acceptors (Lipinski definition) is 4. The number of aromatic nitrogens is 1. The van der Waals surface area contributed by atoms with Crippen LogP contribution in [0.4, 0.5) is 22.0 Å². The molecular formula is C24H19BrF5N3O3S. The zero-order valence-electron chi connectivity index (χ0n) is 18.8. The average Bonchev–Trinajstić information content (AvgIpc) is 3.25. The summed E-state index contributed by atoms with van der Waals surface area (Å²) < 4.78 is 93.2. The highest BCUT2D eigenvalue weighted by atomic mass is 79.9. The first-order chi connectivity index (χ1) is 17.3. The standard InChI is InChI=1S/C24H19BrF5N3O3S/c25-17-8-14(7-16(9-17)15-1-6-22(31-12-15)24(28,29)30)11-32-23(34)21-10-19(27)13-33(21)37(35,36)20-4-2-18(26)3-5-20/h1-9,12,19,21H,10-11,13H2,(H,32,34)/t19-,21+/m1/s1. The number of rotatable bonds is 6. The molecule has 0 radical (unpaired) electrons. The Kier molecular flexibility index (Phi) is 7.67. The second-order valence-corrected chi connectivity index (χ2v) is 11.2. The SMILES string of the molecule is O=C(NCc1cc(Br)cc(-c2ccc(C(F)(F)F)nc2)c1)[C@@H]1C[C@@H](F)CN1S(=O)(=O)c1ccc(F)cc1. The van der Waals surface area contributed by atoms with Crippen molar-refractivity contribution in [2.45, 2.75) is 36.3 Å². The van der Waals surface area contributed by atoms with E-state index in [9.17, 15) is 35.2 Å². The summed E-state index contributed by atoms with van der Waals surface area (Å²) in [6.45, 7) is -0.572. The number of nitrogens with zero attached hydrogens (tertiary/aromatic N) is 2. The van der Waals surface area contributed by atoms with Crippen molar-refractivity contribution in [2.24, 2.45) is 0 Å². The van der Waals surface area contributed by atoms with Gasteiger partial charge in [0.25, 0.3) is 0 Å². The lowest BCUT2D eigenvalue weighted by molar-refractivity contribution is -0.141. The Hall–Kier alpha value is -2.90. The van der Waals surface area contributed by atoms with Crippen LogP contribution in [0, 0.1) is 5.82 Å². The van der Waals surface area contributed by atoms with Crippen molar-refractivity contribution < 1.29 is 35.2 Å². The molecule has 2 aromatic carbocycles. The summed E-state index contributed by atoms with van der Waals surface area (Å²) in [6.07, 6.45) is -5.38. The normalized spacial score (nSPS) is 18.6. The number of pyridine rings is 1. The molecule has 37 heavy (non-hydrogen) atoms. The second-order valence-electron chi connectivity index (χ2n) is 8.37. The van der Waals surface area contributed by atoms with E-state index in [2.05, 4.69) is 26.2 Å². The Morgan fingerprint density at radius 3 is 2.41 bits per heavy atom. The number of halogens is 6. The quantitative estimate of drug-likeness (QED) is 0.398. The maximum atomic E-state index is 14.2. The fourth-order valence-corrected chi connectivity index (χ4v) is 6.13. The third kappa shape index (κ3) is 6.16. The van der Waals surface area contributed by atoms with Crippen molar-refractivity contribution in [1.82, 2.24) is 14.6 Å². The van der Waals surface area contributed by atoms with Crippen LogP contribution in [0.1, 0.15) is 17.7 Å². The maximum Gasteiger partial charge on any atom is 0.433 e. The summed E-state index contributed by atoms with van der Waals surface area (Å²) in [7, 11) is -4.26. The molecule has 0 spiro atoms. The van der Waals surface area contributed by atoms with Gasteiger partial charge in [-0.05, 0) is 59.7 Å². The number of carbonyl (C=O) groups excluding carboxylic acids is 1. The second kappa shape index (κ2) is 10.5. The topological polar surface area (TPSA) is 79.4 Å². The van der Waals surface area contributed by atoms with Crippen molar-refractivity contribution in [2.75, 3.05) is 6.54 Å². The number of carbonyl (C=O) groups is 1. The van der Waals surface area contributed by atoms with E-state index < -0.39 is 52.4 Å². The van der Waals surface area contributed by atoms with Gasteiger partial charge in [0.15, 0.2) is 0 Å². The minimum absolute atomic E-state index is 0.0583. The van der Waals surface area contributed by atoms with Crippen LogP contribution in [0.15, 0.2) is 70.2 Å². The van der Waals surface area contributed by atoms with Crippen LogP contribution in [-0.4, -0.2) is 42.4 Å². The Morgan fingerprint density at radius 2 is 1.78 bits per heavy atom. The molecule has 1 aliphatic rings. The number of sulfonamides is 1. The van der Waals surface area contributed by atoms with Crippen LogP contribution in [-0.2, 0) is 27.5 Å². The smallest absolute Gasteiger partial charge is 0.351 e. The molecule has 1 aromatic heterocycles. The predicted molar refractivity (Wildman–Crippen MR) is 128 cm³/mol. The van der Waals surface area contributed by atoms with Crippen molar-refractivity contribution >= 4 is 31.9 Å². The number of hydrogen-bond donors (Lipinski definition) is 1. The molecular weight excluding hydrogens is 585 g/mol. The number of benzene rings is 2. The highest BCUT2D eigenvalue weighted by Gasteiger charge is 2.44. The third-order valence-electron chi connectivity index (χ3n) is 5.74. The molecule has 1 fully saturated rings. The highest BCUT2D eigenvalue weighted by Crippen LogP contribution is 2.31. The van der Waals surface area contributed by atoms with Gasteiger partial charge in [0.1, 0.15) is 23.7 Å². The van der Waals surface area contributed by atoms with Gasteiger partial charge in [0.05, 0.1) is 4.90 Å². The van der Waals surface area contributed by atoms with E-state index in [0.29, 0.717) is 21.2 Å². The maximum absolute atomic E-state index is 14.2. The van der Waals surface area contributed by atoms with E-state index in [1.54, 1.807) is 18.2 Å². The number of nitrogens with one attached hydrogen (secondary N) is 1. The summed E-state index contributed by atoms with van der Waals surface area (Å²) in [5.41, 5.74) is 0.474. The van der Waals surface area contributed by atoms with E-state index >= 15 is 0 Å². The molecule has 0 unspecified atom stereocenters. The van der Waals surface area contributed by atoms with E-state index in [-0.39, 0.29) is 17.9 Å². The van der Waals surface area contributed by atoms with Crippen LogP contribution in [0.3, 0.4) is 0 Å². The molecule has 1 amide bonds. The Morgan fingerprint density at radius 1 is 1.08 bits per heavy atom. The van der Waals surface area contributed by atoms with Gasteiger partial charge in [0, 0.05) is 35.7 Å². The zero-order chi connectivity index (χ0) is 27.0. The van der Waals surface area contributed by atoms with Crippen LogP contribution >= 0.6 is 15.9 Å². The molecule has 2 atom stereocenters. The molecule has 0 bridgehead atoms. The van der Waals surface area contributed by atoms with E-state index in [4.69, 9.17) is 0 Å². The monoisotopic (exact) mass is 603 g/mol. The molecule has 3 aromatic rings. The third-order valence-corrected chi connectivity index (χ3v) is 8.09. The molecule has 6 nitrogen and oxygen atoms in total. The van der Waals surface area contributed by atoms with Crippen molar-refractivity contribution in [3.05, 3.63) is 82.3 Å². The van der Waals surface area contributed by atoms with Crippen LogP contribution in [0.5, 0.6) is 0 Å². The van der Waals surface area contributed by atoms with Gasteiger partial charge in [-0.1, -0.05) is 22.0 Å². The number of amides is 1. The largest absolute Gasteiger partial charge is 0.433 e. The van der Waals surface area contributed by atoms with Gasteiger partial charge in [0.2, 0.25) is 15.9 Å². The fourth-order valence-electron chi connectivity index (χ4n) is 3.96. The average molecular weight is 604 g/mol.